The summed E-state index contributed by atoms with van der Waals surface area (Å²) >= 11 is 0. The Morgan fingerprint density at radius 2 is 1.67 bits per heavy atom. The van der Waals surface area contributed by atoms with Gasteiger partial charge in [-0.3, -0.25) is 9.00 Å². The van der Waals surface area contributed by atoms with Crippen LogP contribution in [0.25, 0.3) is 0 Å². The third kappa shape index (κ3) is 4.03. The topological polar surface area (TPSA) is 49.4 Å². The van der Waals surface area contributed by atoms with Crippen molar-refractivity contribution >= 4 is 22.4 Å². The molecule has 126 valence electrons. The van der Waals surface area contributed by atoms with Gasteiger partial charge in [0.05, 0.1) is 0 Å². The average Bonchev–Trinajstić information content (AvgIpc) is 3.15. The molecule has 4 nitrogen and oxygen atoms in total. The zero-order valence-corrected chi connectivity index (χ0v) is 14.6. The van der Waals surface area contributed by atoms with Crippen LogP contribution in [0.1, 0.15) is 28.8 Å². The lowest BCUT2D eigenvalue weighted by atomic mass is 10.1. The predicted molar refractivity (Wildman–Crippen MR) is 97.8 cm³/mol. The van der Waals surface area contributed by atoms with Crippen molar-refractivity contribution in [3.63, 3.8) is 0 Å². The second-order valence-electron chi connectivity index (χ2n) is 6.02. The Morgan fingerprint density at radius 1 is 1.04 bits per heavy atom. The Bertz CT molecular complexity index is 720. The van der Waals surface area contributed by atoms with Gasteiger partial charge in [0.2, 0.25) is 0 Å². The van der Waals surface area contributed by atoms with Crippen molar-refractivity contribution in [3.05, 3.63) is 59.7 Å². The molecule has 1 fully saturated rings. The van der Waals surface area contributed by atoms with Gasteiger partial charge in [-0.25, -0.2) is 0 Å². The predicted octanol–water partition coefficient (Wildman–Crippen LogP) is 2.95. The summed E-state index contributed by atoms with van der Waals surface area (Å²) in [6, 6.07) is 15.3. The number of amides is 1. The summed E-state index contributed by atoms with van der Waals surface area (Å²) in [5.41, 5.74) is 2.92. The lowest BCUT2D eigenvalue weighted by Crippen LogP contribution is -2.23. The number of hydrogen-bond acceptors (Lipinski definition) is 3. The molecule has 1 atom stereocenters. The van der Waals surface area contributed by atoms with Gasteiger partial charge in [0, 0.05) is 52.8 Å². The van der Waals surface area contributed by atoms with Gasteiger partial charge in [0.1, 0.15) is 0 Å². The van der Waals surface area contributed by atoms with Gasteiger partial charge in [-0.15, -0.1) is 0 Å². The molecule has 1 saturated heterocycles. The van der Waals surface area contributed by atoms with Crippen LogP contribution < -0.4 is 10.2 Å². The number of rotatable bonds is 5. The normalized spacial score (nSPS) is 15.3. The molecule has 0 radical (unpaired) electrons. The summed E-state index contributed by atoms with van der Waals surface area (Å²) in [7, 11) is -1.02. The van der Waals surface area contributed by atoms with Crippen molar-refractivity contribution in [1.29, 1.82) is 0 Å². The highest BCUT2D eigenvalue weighted by atomic mass is 32.2. The number of hydrogen-bond donors (Lipinski definition) is 1. The fourth-order valence-corrected chi connectivity index (χ4v) is 3.40. The zero-order valence-electron chi connectivity index (χ0n) is 13.8. The van der Waals surface area contributed by atoms with Crippen molar-refractivity contribution in [2.75, 3.05) is 24.2 Å². The molecule has 2 aromatic carbocycles. The van der Waals surface area contributed by atoms with E-state index in [2.05, 4.69) is 34.5 Å². The molecule has 1 amide bonds. The highest BCUT2D eigenvalue weighted by molar-refractivity contribution is 7.84. The molecule has 1 aliphatic heterocycles. The van der Waals surface area contributed by atoms with E-state index in [0.717, 1.165) is 23.5 Å². The van der Waals surface area contributed by atoms with E-state index < -0.39 is 10.8 Å². The lowest BCUT2D eigenvalue weighted by Gasteiger charge is -2.17. The molecule has 3 rings (SSSR count). The number of carbonyl (C=O) groups excluding carboxylic acids is 1. The fourth-order valence-electron chi connectivity index (χ4n) is 2.88. The SMILES string of the molecule is C[S@@](=O)c1ccc(C(=O)NCc2ccc(N3CCCC3)cc2)cc1. The van der Waals surface area contributed by atoms with Crippen LogP contribution in [-0.4, -0.2) is 29.5 Å². The zero-order chi connectivity index (χ0) is 16.9. The van der Waals surface area contributed by atoms with E-state index in [1.807, 2.05) is 0 Å². The van der Waals surface area contributed by atoms with E-state index >= 15 is 0 Å². The smallest absolute Gasteiger partial charge is 0.251 e. The van der Waals surface area contributed by atoms with Crippen LogP contribution in [-0.2, 0) is 17.3 Å². The Labute approximate surface area is 145 Å². The second-order valence-corrected chi connectivity index (χ2v) is 7.40. The Kier molecular flexibility index (Phi) is 5.30. The molecule has 24 heavy (non-hydrogen) atoms. The first kappa shape index (κ1) is 16.7. The molecule has 0 spiro atoms. The third-order valence-electron chi connectivity index (χ3n) is 4.31. The lowest BCUT2D eigenvalue weighted by molar-refractivity contribution is 0.0951. The molecule has 1 heterocycles. The van der Waals surface area contributed by atoms with Crippen molar-refractivity contribution in [2.45, 2.75) is 24.3 Å². The van der Waals surface area contributed by atoms with Gasteiger partial charge in [-0.05, 0) is 54.8 Å². The van der Waals surface area contributed by atoms with Gasteiger partial charge < -0.3 is 10.2 Å². The van der Waals surface area contributed by atoms with Crippen LogP contribution in [0.15, 0.2) is 53.4 Å². The molecule has 0 aliphatic carbocycles. The first-order chi connectivity index (χ1) is 11.6. The highest BCUT2D eigenvalue weighted by Crippen LogP contribution is 2.20. The van der Waals surface area contributed by atoms with Crippen LogP contribution >= 0.6 is 0 Å². The van der Waals surface area contributed by atoms with Crippen molar-refractivity contribution in [1.82, 2.24) is 5.32 Å². The number of benzene rings is 2. The number of nitrogens with zero attached hydrogens (tertiary/aromatic N) is 1. The molecule has 0 aromatic heterocycles. The van der Waals surface area contributed by atoms with Crippen molar-refractivity contribution in [2.24, 2.45) is 0 Å². The fraction of sp³-hybridized carbons (Fsp3) is 0.316. The van der Waals surface area contributed by atoms with Crippen LogP contribution in [0.3, 0.4) is 0 Å². The minimum absolute atomic E-state index is 0.118. The van der Waals surface area contributed by atoms with Gasteiger partial charge in [-0.1, -0.05) is 12.1 Å². The summed E-state index contributed by atoms with van der Waals surface area (Å²) < 4.78 is 11.4. The van der Waals surface area contributed by atoms with E-state index in [0.29, 0.717) is 12.1 Å². The third-order valence-corrected chi connectivity index (χ3v) is 5.25. The van der Waals surface area contributed by atoms with Gasteiger partial charge >= 0.3 is 0 Å². The highest BCUT2D eigenvalue weighted by Gasteiger charge is 2.12. The average molecular weight is 342 g/mol. The van der Waals surface area contributed by atoms with E-state index in [4.69, 9.17) is 0 Å². The van der Waals surface area contributed by atoms with Crippen molar-refractivity contribution in [3.8, 4) is 0 Å². The summed E-state index contributed by atoms with van der Waals surface area (Å²) in [5, 5.41) is 2.92. The maximum atomic E-state index is 12.2. The Morgan fingerprint density at radius 3 is 2.25 bits per heavy atom. The molecule has 0 bridgehead atoms. The summed E-state index contributed by atoms with van der Waals surface area (Å²) in [6.07, 6.45) is 4.16. The van der Waals surface area contributed by atoms with Gasteiger partial charge in [0.15, 0.2) is 0 Å². The van der Waals surface area contributed by atoms with Gasteiger partial charge in [-0.2, -0.15) is 0 Å². The molecule has 0 saturated carbocycles. The molecule has 0 unspecified atom stereocenters. The monoisotopic (exact) mass is 342 g/mol. The Hall–Kier alpha value is -2.14. The molecule has 2 aromatic rings. The van der Waals surface area contributed by atoms with Crippen molar-refractivity contribution < 1.29 is 9.00 Å². The standard InChI is InChI=1S/C19H22N2O2S/c1-24(23)18-10-6-16(7-11-18)19(22)20-14-15-4-8-17(9-5-15)21-12-2-3-13-21/h4-11H,2-3,12-14H2,1H3,(H,20,22)/t24-/m1/s1. The maximum Gasteiger partial charge on any atom is 0.251 e. The first-order valence-corrected chi connectivity index (χ1v) is 9.75. The molecular formula is C19H22N2O2S. The van der Waals surface area contributed by atoms with Crippen LogP contribution in [0, 0.1) is 0 Å². The minimum Gasteiger partial charge on any atom is -0.372 e. The largest absolute Gasteiger partial charge is 0.372 e. The quantitative estimate of drug-likeness (QED) is 0.909. The maximum absolute atomic E-state index is 12.2. The molecule has 1 aliphatic rings. The number of anilines is 1. The van der Waals surface area contributed by atoms with Crippen LogP contribution in [0.5, 0.6) is 0 Å². The number of nitrogens with one attached hydrogen (secondary N) is 1. The minimum atomic E-state index is -1.02. The first-order valence-electron chi connectivity index (χ1n) is 8.19. The summed E-state index contributed by atoms with van der Waals surface area (Å²) in [4.78, 5) is 15.3. The molecular weight excluding hydrogens is 320 g/mol. The molecule has 5 heteroatoms. The summed E-state index contributed by atoms with van der Waals surface area (Å²) in [5.74, 6) is -0.118. The Balaban J connectivity index is 1.56. The van der Waals surface area contributed by atoms with E-state index in [-0.39, 0.29) is 5.91 Å². The van der Waals surface area contributed by atoms with Gasteiger partial charge in [0.25, 0.3) is 5.91 Å². The second kappa shape index (κ2) is 7.62. The van der Waals surface area contributed by atoms with Crippen LogP contribution in [0.2, 0.25) is 0 Å². The number of carbonyl (C=O) groups is 1. The van der Waals surface area contributed by atoms with E-state index in [9.17, 15) is 9.00 Å². The van der Waals surface area contributed by atoms with Crippen LogP contribution in [0.4, 0.5) is 5.69 Å². The van der Waals surface area contributed by atoms with E-state index in [1.54, 1.807) is 30.5 Å². The summed E-state index contributed by atoms with van der Waals surface area (Å²) in [6.45, 7) is 2.77. The molecule has 1 N–H and O–H groups in total. The van der Waals surface area contributed by atoms with E-state index in [1.165, 1.54) is 18.5 Å².